The lowest BCUT2D eigenvalue weighted by Gasteiger charge is -1.99. The smallest absolute Gasteiger partial charge is 0.0162 e. The number of rotatable bonds is 7. The van der Waals surface area contributed by atoms with Crippen LogP contribution in [0.25, 0.3) is 0 Å². The Balaban J connectivity index is -0.000000405. The SMILES string of the molecule is CNCCSSCCNC.Cl.Cl. The highest BCUT2D eigenvalue weighted by Gasteiger charge is 1.87. The van der Waals surface area contributed by atoms with E-state index in [1.54, 1.807) is 0 Å². The van der Waals surface area contributed by atoms with Crippen LogP contribution in [0.1, 0.15) is 0 Å². The van der Waals surface area contributed by atoms with Gasteiger partial charge in [-0.2, -0.15) is 0 Å². The van der Waals surface area contributed by atoms with E-state index in [2.05, 4.69) is 10.6 Å². The van der Waals surface area contributed by atoms with E-state index in [1.807, 2.05) is 35.7 Å². The molecule has 2 N–H and O–H groups in total. The van der Waals surface area contributed by atoms with E-state index in [1.165, 1.54) is 11.5 Å². The van der Waals surface area contributed by atoms with Gasteiger partial charge in [0.15, 0.2) is 0 Å². The first kappa shape index (κ1) is 18.9. The number of hydrogen-bond acceptors (Lipinski definition) is 4. The molecule has 0 aliphatic carbocycles. The van der Waals surface area contributed by atoms with Gasteiger partial charge in [0, 0.05) is 24.6 Å². The third-order valence-electron chi connectivity index (χ3n) is 0.954. The number of halogens is 2. The van der Waals surface area contributed by atoms with Crippen molar-refractivity contribution in [1.82, 2.24) is 10.6 Å². The van der Waals surface area contributed by atoms with Crippen LogP contribution < -0.4 is 10.6 Å². The third-order valence-corrected chi connectivity index (χ3v) is 3.36. The average molecular weight is 253 g/mol. The summed E-state index contributed by atoms with van der Waals surface area (Å²) >= 11 is 0. The summed E-state index contributed by atoms with van der Waals surface area (Å²) < 4.78 is 0. The molecule has 6 heteroatoms. The van der Waals surface area contributed by atoms with E-state index >= 15 is 0 Å². The predicted octanol–water partition coefficient (Wildman–Crippen LogP) is 1.65. The van der Waals surface area contributed by atoms with Crippen molar-refractivity contribution < 1.29 is 0 Å². The Hall–Kier alpha value is 1.20. The molecule has 0 saturated carbocycles. The van der Waals surface area contributed by atoms with Gasteiger partial charge >= 0.3 is 0 Å². The van der Waals surface area contributed by atoms with Gasteiger partial charge in [0.05, 0.1) is 0 Å². The van der Waals surface area contributed by atoms with Gasteiger partial charge in [0.2, 0.25) is 0 Å². The van der Waals surface area contributed by atoms with Crippen molar-refractivity contribution in [3.8, 4) is 0 Å². The fourth-order valence-electron chi connectivity index (χ4n) is 0.405. The minimum absolute atomic E-state index is 0. The maximum atomic E-state index is 3.11. The molecule has 0 radical (unpaired) electrons. The molecule has 0 aromatic heterocycles. The fraction of sp³-hybridized carbons (Fsp3) is 1.00. The molecular formula is C6H18Cl2N2S2. The van der Waals surface area contributed by atoms with Crippen molar-refractivity contribution in [1.29, 1.82) is 0 Å². The monoisotopic (exact) mass is 252 g/mol. The van der Waals surface area contributed by atoms with Gasteiger partial charge in [0.25, 0.3) is 0 Å². The Bertz CT molecular complexity index is 61.5. The van der Waals surface area contributed by atoms with Crippen LogP contribution in [0.3, 0.4) is 0 Å². The van der Waals surface area contributed by atoms with Crippen LogP contribution in [0.5, 0.6) is 0 Å². The second-order valence-corrected chi connectivity index (χ2v) is 4.55. The molecule has 0 fully saturated rings. The van der Waals surface area contributed by atoms with E-state index < -0.39 is 0 Å². The molecule has 0 aromatic carbocycles. The fourth-order valence-corrected chi connectivity index (χ4v) is 2.42. The Labute approximate surface area is 95.6 Å². The molecule has 0 bridgehead atoms. The molecule has 0 amide bonds. The molecule has 78 valence electrons. The highest BCUT2D eigenvalue weighted by molar-refractivity contribution is 8.76. The molecule has 0 atom stereocenters. The molecule has 0 aliphatic rings. The van der Waals surface area contributed by atoms with E-state index in [-0.39, 0.29) is 24.8 Å². The van der Waals surface area contributed by atoms with Crippen LogP contribution in [0.15, 0.2) is 0 Å². The Morgan fingerprint density at radius 2 is 1.17 bits per heavy atom. The first-order valence-electron chi connectivity index (χ1n) is 3.45. The Morgan fingerprint density at radius 1 is 0.833 bits per heavy atom. The zero-order valence-corrected chi connectivity index (χ0v) is 10.7. The van der Waals surface area contributed by atoms with Crippen LogP contribution in [0.4, 0.5) is 0 Å². The second kappa shape index (κ2) is 18.1. The minimum Gasteiger partial charge on any atom is -0.319 e. The highest BCUT2D eigenvalue weighted by atomic mass is 35.5. The normalized spacial score (nSPS) is 8.50. The van der Waals surface area contributed by atoms with Crippen LogP contribution in [-0.2, 0) is 0 Å². The summed E-state index contributed by atoms with van der Waals surface area (Å²) in [7, 11) is 7.83. The zero-order chi connectivity index (χ0) is 7.66. The maximum Gasteiger partial charge on any atom is 0.0162 e. The van der Waals surface area contributed by atoms with Crippen LogP contribution in [0, 0.1) is 0 Å². The van der Waals surface area contributed by atoms with Crippen molar-refractivity contribution in [3.05, 3.63) is 0 Å². The number of nitrogens with one attached hydrogen (secondary N) is 2. The van der Waals surface area contributed by atoms with Gasteiger partial charge in [-0.1, -0.05) is 21.6 Å². The van der Waals surface area contributed by atoms with Crippen molar-refractivity contribution in [2.45, 2.75) is 0 Å². The van der Waals surface area contributed by atoms with Gasteiger partial charge in [-0.3, -0.25) is 0 Å². The summed E-state index contributed by atoms with van der Waals surface area (Å²) in [5.41, 5.74) is 0. The summed E-state index contributed by atoms with van der Waals surface area (Å²) in [6.45, 7) is 2.22. The molecule has 12 heavy (non-hydrogen) atoms. The van der Waals surface area contributed by atoms with Crippen molar-refractivity contribution in [3.63, 3.8) is 0 Å². The predicted molar refractivity (Wildman–Crippen MR) is 67.3 cm³/mol. The average Bonchev–Trinajstić information content (AvgIpc) is 1.97. The Morgan fingerprint density at radius 3 is 1.42 bits per heavy atom. The lowest BCUT2D eigenvalue weighted by Crippen LogP contribution is -2.10. The van der Waals surface area contributed by atoms with Crippen LogP contribution >= 0.6 is 46.4 Å². The molecule has 0 unspecified atom stereocenters. The van der Waals surface area contributed by atoms with Gasteiger partial charge < -0.3 is 10.6 Å². The lowest BCUT2D eigenvalue weighted by atomic mass is 10.8. The highest BCUT2D eigenvalue weighted by Crippen LogP contribution is 2.18. The van der Waals surface area contributed by atoms with E-state index in [0.29, 0.717) is 0 Å². The molecule has 2 nitrogen and oxygen atoms in total. The first-order valence-corrected chi connectivity index (χ1v) is 5.94. The first-order chi connectivity index (χ1) is 4.91. The van der Waals surface area contributed by atoms with Gasteiger partial charge in [0.1, 0.15) is 0 Å². The van der Waals surface area contributed by atoms with Crippen molar-refractivity contribution in [2.75, 3.05) is 38.7 Å². The van der Waals surface area contributed by atoms with Gasteiger partial charge in [-0.05, 0) is 14.1 Å². The van der Waals surface area contributed by atoms with E-state index in [4.69, 9.17) is 0 Å². The molecule has 0 rings (SSSR count). The lowest BCUT2D eigenvalue weighted by molar-refractivity contribution is 0.871. The van der Waals surface area contributed by atoms with Crippen molar-refractivity contribution in [2.24, 2.45) is 0 Å². The summed E-state index contributed by atoms with van der Waals surface area (Å²) in [6.07, 6.45) is 0. The quantitative estimate of drug-likeness (QED) is 0.532. The van der Waals surface area contributed by atoms with Gasteiger partial charge in [-0.15, -0.1) is 24.8 Å². The standard InChI is InChI=1S/C6H16N2S2.2ClH/c1-7-3-5-9-10-6-4-8-2;;/h7-8H,3-6H2,1-2H3;2*1H. The third kappa shape index (κ3) is 17.3. The van der Waals surface area contributed by atoms with E-state index in [9.17, 15) is 0 Å². The largest absolute Gasteiger partial charge is 0.319 e. The molecule has 0 saturated heterocycles. The molecule has 0 heterocycles. The zero-order valence-electron chi connectivity index (χ0n) is 7.46. The van der Waals surface area contributed by atoms with Crippen LogP contribution in [-0.4, -0.2) is 38.7 Å². The summed E-state index contributed by atoms with van der Waals surface area (Å²) in [5.74, 6) is 2.40. The molecule has 0 spiro atoms. The summed E-state index contributed by atoms with van der Waals surface area (Å²) in [6, 6.07) is 0. The van der Waals surface area contributed by atoms with Gasteiger partial charge in [-0.25, -0.2) is 0 Å². The van der Waals surface area contributed by atoms with Crippen LogP contribution in [0.2, 0.25) is 0 Å². The Kier molecular flexibility index (Phi) is 28.5. The number of hydrogen-bond donors (Lipinski definition) is 2. The topological polar surface area (TPSA) is 24.1 Å². The second-order valence-electron chi connectivity index (χ2n) is 1.85. The summed E-state index contributed by atoms with van der Waals surface area (Å²) in [4.78, 5) is 0. The van der Waals surface area contributed by atoms with Crippen molar-refractivity contribution >= 4 is 46.4 Å². The van der Waals surface area contributed by atoms with E-state index in [0.717, 1.165) is 13.1 Å². The maximum absolute atomic E-state index is 3.11. The molecule has 0 aromatic rings. The summed E-state index contributed by atoms with van der Waals surface area (Å²) in [5, 5.41) is 6.22. The molecular weight excluding hydrogens is 235 g/mol. The molecule has 0 aliphatic heterocycles. The minimum atomic E-state index is 0.